The first-order chi connectivity index (χ1) is 12.2. The van der Waals surface area contributed by atoms with Crippen LogP contribution in [0.3, 0.4) is 0 Å². The monoisotopic (exact) mass is 344 g/mol. The normalized spacial score (nSPS) is 22.1. The van der Waals surface area contributed by atoms with Crippen LogP contribution < -0.4 is 5.32 Å². The van der Waals surface area contributed by atoms with Gasteiger partial charge in [0.05, 0.1) is 0 Å². The van der Waals surface area contributed by atoms with E-state index >= 15 is 0 Å². The van der Waals surface area contributed by atoms with Crippen LogP contribution >= 0.6 is 0 Å². The van der Waals surface area contributed by atoms with E-state index in [2.05, 4.69) is 39.2 Å². The summed E-state index contributed by atoms with van der Waals surface area (Å²) in [6, 6.07) is 10.2. The van der Waals surface area contributed by atoms with Gasteiger partial charge in [-0.1, -0.05) is 30.3 Å². The first kappa shape index (κ1) is 18.4. The van der Waals surface area contributed by atoms with E-state index in [9.17, 15) is 4.79 Å². The first-order valence-corrected chi connectivity index (χ1v) is 9.60. The Kier molecular flexibility index (Phi) is 6.45. The van der Waals surface area contributed by atoms with Crippen LogP contribution in [0.5, 0.6) is 0 Å². The SMILES string of the molecule is CNCC1CCN(C(=O)C(c2ccccc2)N2CCN(C)CC2)CC1. The van der Waals surface area contributed by atoms with Crippen molar-refractivity contribution >= 4 is 5.91 Å². The van der Waals surface area contributed by atoms with Crippen molar-refractivity contribution in [1.82, 2.24) is 20.0 Å². The molecule has 5 nitrogen and oxygen atoms in total. The van der Waals surface area contributed by atoms with Crippen molar-refractivity contribution in [2.75, 3.05) is 59.9 Å². The van der Waals surface area contributed by atoms with Gasteiger partial charge in [0.25, 0.3) is 0 Å². The number of piperidine rings is 1. The zero-order chi connectivity index (χ0) is 17.6. The van der Waals surface area contributed by atoms with Crippen molar-refractivity contribution in [2.45, 2.75) is 18.9 Å². The van der Waals surface area contributed by atoms with Crippen LogP contribution in [-0.2, 0) is 4.79 Å². The van der Waals surface area contributed by atoms with Crippen molar-refractivity contribution in [3.8, 4) is 0 Å². The predicted octanol–water partition coefficient (Wildman–Crippen LogP) is 1.43. The van der Waals surface area contributed by atoms with E-state index in [-0.39, 0.29) is 6.04 Å². The lowest BCUT2D eigenvalue weighted by molar-refractivity contribution is -0.139. The molecule has 138 valence electrons. The lowest BCUT2D eigenvalue weighted by Crippen LogP contribution is -2.52. The molecule has 2 fully saturated rings. The summed E-state index contributed by atoms with van der Waals surface area (Å²) in [5.74, 6) is 0.992. The summed E-state index contributed by atoms with van der Waals surface area (Å²) in [5, 5.41) is 3.27. The number of amides is 1. The average molecular weight is 345 g/mol. The highest BCUT2D eigenvalue weighted by Gasteiger charge is 2.34. The molecule has 0 spiro atoms. The number of benzene rings is 1. The summed E-state index contributed by atoms with van der Waals surface area (Å²) < 4.78 is 0. The molecule has 1 aromatic carbocycles. The lowest BCUT2D eigenvalue weighted by atomic mass is 9.95. The predicted molar refractivity (Wildman–Crippen MR) is 101 cm³/mol. The van der Waals surface area contributed by atoms with Gasteiger partial charge in [-0.25, -0.2) is 0 Å². The fourth-order valence-corrected chi connectivity index (χ4v) is 4.04. The van der Waals surface area contributed by atoms with E-state index in [1.54, 1.807) is 0 Å². The molecule has 3 rings (SSSR count). The van der Waals surface area contributed by atoms with Gasteiger partial charge in [-0.05, 0) is 45.0 Å². The smallest absolute Gasteiger partial charge is 0.244 e. The summed E-state index contributed by atoms with van der Waals surface area (Å²) in [6.45, 7) is 6.81. The molecule has 1 N–H and O–H groups in total. The number of rotatable bonds is 5. The second kappa shape index (κ2) is 8.79. The molecule has 2 saturated heterocycles. The molecule has 25 heavy (non-hydrogen) atoms. The van der Waals surface area contributed by atoms with Crippen LogP contribution in [0, 0.1) is 5.92 Å². The Bertz CT molecular complexity index is 534. The summed E-state index contributed by atoms with van der Waals surface area (Å²) in [6.07, 6.45) is 2.22. The number of piperazine rings is 1. The minimum Gasteiger partial charge on any atom is -0.341 e. The Morgan fingerprint density at radius 1 is 1.08 bits per heavy atom. The van der Waals surface area contributed by atoms with E-state index in [4.69, 9.17) is 0 Å². The topological polar surface area (TPSA) is 38.8 Å². The largest absolute Gasteiger partial charge is 0.341 e. The van der Waals surface area contributed by atoms with Gasteiger partial charge in [0, 0.05) is 39.3 Å². The van der Waals surface area contributed by atoms with Crippen LogP contribution in [-0.4, -0.2) is 80.5 Å². The summed E-state index contributed by atoms with van der Waals surface area (Å²) >= 11 is 0. The molecule has 2 heterocycles. The first-order valence-electron chi connectivity index (χ1n) is 9.60. The number of carbonyl (C=O) groups is 1. The Morgan fingerprint density at radius 3 is 2.32 bits per heavy atom. The molecular weight excluding hydrogens is 312 g/mol. The van der Waals surface area contributed by atoms with Crippen LogP contribution in [0.4, 0.5) is 0 Å². The third-order valence-corrected chi connectivity index (χ3v) is 5.67. The van der Waals surface area contributed by atoms with Gasteiger partial charge in [0.1, 0.15) is 6.04 Å². The molecule has 2 aliphatic heterocycles. The maximum absolute atomic E-state index is 13.4. The highest BCUT2D eigenvalue weighted by atomic mass is 16.2. The zero-order valence-electron chi connectivity index (χ0n) is 15.7. The Balaban J connectivity index is 1.72. The number of carbonyl (C=O) groups excluding carboxylic acids is 1. The Morgan fingerprint density at radius 2 is 1.72 bits per heavy atom. The molecule has 1 aromatic rings. The maximum atomic E-state index is 13.4. The van der Waals surface area contributed by atoms with E-state index in [1.807, 2.05) is 25.2 Å². The number of likely N-dealkylation sites (tertiary alicyclic amines) is 1. The fraction of sp³-hybridized carbons (Fsp3) is 0.650. The highest BCUT2D eigenvalue weighted by Crippen LogP contribution is 2.27. The molecule has 2 aliphatic rings. The molecule has 0 aliphatic carbocycles. The van der Waals surface area contributed by atoms with Gasteiger partial charge >= 0.3 is 0 Å². The molecule has 0 bridgehead atoms. The van der Waals surface area contributed by atoms with Crippen LogP contribution in [0.2, 0.25) is 0 Å². The van der Waals surface area contributed by atoms with Crippen LogP contribution in [0.25, 0.3) is 0 Å². The van der Waals surface area contributed by atoms with Gasteiger partial charge in [0.15, 0.2) is 0 Å². The van der Waals surface area contributed by atoms with Gasteiger partial charge in [0.2, 0.25) is 5.91 Å². The van der Waals surface area contributed by atoms with Gasteiger partial charge < -0.3 is 15.1 Å². The molecule has 0 saturated carbocycles. The van der Waals surface area contributed by atoms with Crippen molar-refractivity contribution in [1.29, 1.82) is 0 Å². The lowest BCUT2D eigenvalue weighted by Gasteiger charge is -2.41. The van der Waals surface area contributed by atoms with E-state index in [0.717, 1.165) is 64.2 Å². The van der Waals surface area contributed by atoms with E-state index in [0.29, 0.717) is 11.8 Å². The van der Waals surface area contributed by atoms with Crippen LogP contribution in [0.15, 0.2) is 30.3 Å². The van der Waals surface area contributed by atoms with Crippen molar-refractivity contribution in [3.05, 3.63) is 35.9 Å². The summed E-state index contributed by atoms with van der Waals surface area (Å²) in [5.41, 5.74) is 1.13. The number of hydrogen-bond acceptors (Lipinski definition) is 4. The summed E-state index contributed by atoms with van der Waals surface area (Å²) in [7, 11) is 4.17. The van der Waals surface area contributed by atoms with Gasteiger partial charge in [-0.3, -0.25) is 9.69 Å². The van der Waals surface area contributed by atoms with Gasteiger partial charge in [-0.15, -0.1) is 0 Å². The minimum atomic E-state index is -0.129. The number of likely N-dealkylation sites (N-methyl/N-ethyl adjacent to an activating group) is 1. The zero-order valence-corrected chi connectivity index (χ0v) is 15.7. The average Bonchev–Trinajstić information content (AvgIpc) is 2.65. The molecule has 0 radical (unpaired) electrons. The number of nitrogens with one attached hydrogen (secondary N) is 1. The third kappa shape index (κ3) is 4.60. The second-order valence-corrected chi connectivity index (χ2v) is 7.48. The van der Waals surface area contributed by atoms with Crippen molar-refractivity contribution in [3.63, 3.8) is 0 Å². The summed E-state index contributed by atoms with van der Waals surface area (Å²) in [4.78, 5) is 20.2. The van der Waals surface area contributed by atoms with E-state index < -0.39 is 0 Å². The van der Waals surface area contributed by atoms with E-state index in [1.165, 1.54) is 0 Å². The number of nitrogens with zero attached hydrogens (tertiary/aromatic N) is 3. The minimum absolute atomic E-state index is 0.129. The second-order valence-electron chi connectivity index (χ2n) is 7.48. The molecule has 1 atom stereocenters. The van der Waals surface area contributed by atoms with Crippen molar-refractivity contribution < 1.29 is 4.79 Å². The Labute approximate surface area is 152 Å². The third-order valence-electron chi connectivity index (χ3n) is 5.67. The molecule has 0 aromatic heterocycles. The fourth-order valence-electron chi connectivity index (χ4n) is 4.04. The quantitative estimate of drug-likeness (QED) is 0.877. The molecule has 1 amide bonds. The molecule has 1 unspecified atom stereocenters. The molecular formula is C20H32N4O. The highest BCUT2D eigenvalue weighted by molar-refractivity contribution is 5.83. The maximum Gasteiger partial charge on any atom is 0.244 e. The van der Waals surface area contributed by atoms with Crippen LogP contribution in [0.1, 0.15) is 24.4 Å². The van der Waals surface area contributed by atoms with Gasteiger partial charge in [-0.2, -0.15) is 0 Å². The molecule has 5 heteroatoms. The number of hydrogen-bond donors (Lipinski definition) is 1. The van der Waals surface area contributed by atoms with Crippen molar-refractivity contribution in [2.24, 2.45) is 5.92 Å². The Hall–Kier alpha value is -1.43. The standard InChI is InChI=1S/C20H32N4O/c1-21-16-17-8-10-24(11-9-17)20(25)19(18-6-4-3-5-7-18)23-14-12-22(2)13-15-23/h3-7,17,19,21H,8-16H2,1-2H3.